The summed E-state index contributed by atoms with van der Waals surface area (Å²) in [5.74, 6) is 0.460. The van der Waals surface area contributed by atoms with Crippen LogP contribution in [0.3, 0.4) is 0 Å². The van der Waals surface area contributed by atoms with Crippen molar-refractivity contribution in [3.8, 4) is 0 Å². The number of carbonyl (C=O) groups is 2. The van der Waals surface area contributed by atoms with E-state index in [9.17, 15) is 9.59 Å². The van der Waals surface area contributed by atoms with Gasteiger partial charge in [0.2, 0.25) is 0 Å². The summed E-state index contributed by atoms with van der Waals surface area (Å²) in [6, 6.07) is 5.99. The molecule has 0 saturated carbocycles. The van der Waals surface area contributed by atoms with Gasteiger partial charge in [-0.15, -0.1) is 0 Å². The van der Waals surface area contributed by atoms with Gasteiger partial charge in [-0.3, -0.25) is 14.8 Å². The molecule has 154 valence electrons. The minimum atomic E-state index is -0.117. The van der Waals surface area contributed by atoms with Crippen LogP contribution in [-0.2, 0) is 0 Å². The first-order valence-electron chi connectivity index (χ1n) is 10.7. The third-order valence-corrected chi connectivity index (χ3v) is 6.63. The van der Waals surface area contributed by atoms with Crippen molar-refractivity contribution in [3.63, 3.8) is 0 Å². The van der Waals surface area contributed by atoms with Crippen LogP contribution in [0.2, 0.25) is 0 Å². The maximum Gasteiger partial charge on any atom is 0.324 e. The van der Waals surface area contributed by atoms with E-state index in [0.29, 0.717) is 18.2 Å². The van der Waals surface area contributed by atoms with E-state index in [1.165, 1.54) is 0 Å². The number of rotatable bonds is 5. The highest BCUT2D eigenvalue weighted by Gasteiger charge is 2.35. The molecule has 0 spiro atoms. The Balaban J connectivity index is 1.33. The van der Waals surface area contributed by atoms with E-state index in [0.717, 1.165) is 68.6 Å². The highest BCUT2D eigenvalue weighted by Crippen LogP contribution is 2.29. The highest BCUT2D eigenvalue weighted by atomic mass is 16.2. The molecule has 6 rings (SSSR count). The monoisotopic (exact) mass is 396 g/mol. The lowest BCUT2D eigenvalue weighted by Crippen LogP contribution is -2.57. The molecular formula is C21H28N6O2. The maximum absolute atomic E-state index is 12.9. The number of aromatic nitrogens is 2. The van der Waals surface area contributed by atoms with E-state index < -0.39 is 0 Å². The van der Waals surface area contributed by atoms with Crippen LogP contribution in [0.15, 0.2) is 18.2 Å². The van der Waals surface area contributed by atoms with Gasteiger partial charge in [0, 0.05) is 43.3 Å². The molecule has 0 aliphatic carbocycles. The van der Waals surface area contributed by atoms with Gasteiger partial charge in [-0.2, -0.15) is 5.10 Å². The zero-order valence-corrected chi connectivity index (χ0v) is 16.9. The van der Waals surface area contributed by atoms with Crippen molar-refractivity contribution in [1.29, 1.82) is 0 Å². The molecular weight excluding hydrogens is 368 g/mol. The lowest BCUT2D eigenvalue weighted by atomic mass is 9.84. The molecule has 2 aromatic rings. The van der Waals surface area contributed by atoms with Crippen molar-refractivity contribution < 1.29 is 9.59 Å². The van der Waals surface area contributed by atoms with Crippen molar-refractivity contribution in [2.75, 3.05) is 44.2 Å². The topological polar surface area (TPSA) is 84.6 Å². The summed E-state index contributed by atoms with van der Waals surface area (Å²) in [7, 11) is 0. The number of benzene rings is 1. The third kappa shape index (κ3) is 3.25. The molecule has 2 bridgehead atoms. The highest BCUT2D eigenvalue weighted by molar-refractivity contribution is 6.06. The fraction of sp³-hybridized carbons (Fsp3) is 0.571. The predicted molar refractivity (Wildman–Crippen MR) is 111 cm³/mol. The van der Waals surface area contributed by atoms with Crippen LogP contribution >= 0.6 is 0 Å². The third-order valence-electron chi connectivity index (χ3n) is 6.63. The standard InChI is InChI=1S/C21H28N6O2/c1-2-7-26-10-11-27(21(26)29)15-3-4-16-17(12-15)23-24-19(16)20(28)22-18-13-25-8-5-14(18)6-9-25/h3-4,12,14,18H,2,5-11,13H2,1H3,(H,22,28)(H,23,24)/t18-/m1/s1. The Labute approximate surface area is 170 Å². The average molecular weight is 396 g/mol. The molecule has 8 heteroatoms. The number of aromatic amines is 1. The Bertz CT molecular complexity index is 932. The van der Waals surface area contributed by atoms with Crippen molar-refractivity contribution in [1.82, 2.24) is 25.3 Å². The first-order chi connectivity index (χ1) is 14.1. The number of nitrogens with one attached hydrogen (secondary N) is 2. The van der Waals surface area contributed by atoms with Gasteiger partial charge in [0.1, 0.15) is 0 Å². The second kappa shape index (κ2) is 7.33. The molecule has 3 amide bonds. The molecule has 2 N–H and O–H groups in total. The first kappa shape index (κ1) is 18.4. The number of hydrogen-bond acceptors (Lipinski definition) is 4. The Morgan fingerprint density at radius 2 is 2.07 bits per heavy atom. The van der Waals surface area contributed by atoms with Crippen molar-refractivity contribution in [2.24, 2.45) is 5.92 Å². The molecule has 4 aliphatic rings. The fourth-order valence-electron chi connectivity index (χ4n) is 5.01. The second-order valence-electron chi connectivity index (χ2n) is 8.44. The number of nitrogens with zero attached hydrogens (tertiary/aromatic N) is 4. The number of hydrogen-bond donors (Lipinski definition) is 2. The summed E-state index contributed by atoms with van der Waals surface area (Å²) < 4.78 is 0. The van der Waals surface area contributed by atoms with Crippen LogP contribution in [0.25, 0.3) is 10.9 Å². The Hall–Kier alpha value is -2.61. The zero-order valence-electron chi connectivity index (χ0n) is 16.9. The molecule has 1 aromatic heterocycles. The van der Waals surface area contributed by atoms with Gasteiger partial charge in [-0.05, 0) is 56.5 Å². The van der Waals surface area contributed by atoms with Crippen molar-refractivity contribution in [3.05, 3.63) is 23.9 Å². The normalized spacial score (nSPS) is 26.5. The Morgan fingerprint density at radius 3 is 2.79 bits per heavy atom. The second-order valence-corrected chi connectivity index (χ2v) is 8.44. The quantitative estimate of drug-likeness (QED) is 0.810. The molecule has 5 heterocycles. The van der Waals surface area contributed by atoms with Crippen LogP contribution in [0.1, 0.15) is 36.7 Å². The molecule has 4 aliphatic heterocycles. The molecule has 8 nitrogen and oxygen atoms in total. The van der Waals surface area contributed by atoms with E-state index in [1.807, 2.05) is 23.1 Å². The smallest absolute Gasteiger partial charge is 0.324 e. The molecule has 0 unspecified atom stereocenters. The summed E-state index contributed by atoms with van der Waals surface area (Å²) in [5.41, 5.74) is 2.06. The Morgan fingerprint density at radius 1 is 1.24 bits per heavy atom. The van der Waals surface area contributed by atoms with Crippen LogP contribution in [0.4, 0.5) is 10.5 Å². The lowest BCUT2D eigenvalue weighted by Gasteiger charge is -2.44. The molecule has 4 fully saturated rings. The average Bonchev–Trinajstić information content (AvgIpc) is 3.32. The van der Waals surface area contributed by atoms with Crippen LogP contribution in [0.5, 0.6) is 0 Å². The van der Waals surface area contributed by atoms with Crippen LogP contribution in [-0.4, -0.2) is 77.2 Å². The molecule has 0 radical (unpaired) electrons. The van der Waals surface area contributed by atoms with Gasteiger partial charge in [-0.1, -0.05) is 6.92 Å². The number of carbonyl (C=O) groups excluding carboxylic acids is 2. The predicted octanol–water partition coefficient (Wildman–Crippen LogP) is 2.04. The zero-order chi connectivity index (χ0) is 20.0. The van der Waals surface area contributed by atoms with Crippen LogP contribution in [0, 0.1) is 5.92 Å². The van der Waals surface area contributed by atoms with E-state index in [2.05, 4.69) is 27.3 Å². The summed E-state index contributed by atoms with van der Waals surface area (Å²) in [4.78, 5) is 31.6. The number of H-pyrrole nitrogens is 1. The summed E-state index contributed by atoms with van der Waals surface area (Å²) >= 11 is 0. The lowest BCUT2D eigenvalue weighted by molar-refractivity contribution is 0.0618. The molecule has 1 atom stereocenters. The van der Waals surface area contributed by atoms with Gasteiger partial charge < -0.3 is 15.1 Å². The largest absolute Gasteiger partial charge is 0.346 e. The summed E-state index contributed by atoms with van der Waals surface area (Å²) in [6.07, 6.45) is 3.28. The van der Waals surface area contributed by atoms with E-state index >= 15 is 0 Å². The summed E-state index contributed by atoms with van der Waals surface area (Å²) in [5, 5.41) is 11.3. The molecule has 4 saturated heterocycles. The number of amides is 3. The molecule has 1 aromatic carbocycles. The number of piperidine rings is 3. The van der Waals surface area contributed by atoms with Gasteiger partial charge in [0.05, 0.1) is 5.52 Å². The van der Waals surface area contributed by atoms with Gasteiger partial charge in [-0.25, -0.2) is 4.79 Å². The van der Waals surface area contributed by atoms with Crippen LogP contribution < -0.4 is 10.2 Å². The molecule has 29 heavy (non-hydrogen) atoms. The van der Waals surface area contributed by atoms with Gasteiger partial charge in [0.15, 0.2) is 5.69 Å². The minimum absolute atomic E-state index is 0.0473. The summed E-state index contributed by atoms with van der Waals surface area (Å²) in [6.45, 7) is 7.53. The van der Waals surface area contributed by atoms with E-state index in [-0.39, 0.29) is 18.0 Å². The number of urea groups is 1. The minimum Gasteiger partial charge on any atom is -0.346 e. The fourth-order valence-corrected chi connectivity index (χ4v) is 5.01. The first-order valence-corrected chi connectivity index (χ1v) is 10.7. The maximum atomic E-state index is 12.9. The van der Waals surface area contributed by atoms with Gasteiger partial charge in [0.25, 0.3) is 5.91 Å². The SMILES string of the molecule is CCCN1CCN(c2ccc3c(C(=O)N[C@@H]4CN5CCC4CC5)n[nH]c3c2)C1=O. The number of fused-ring (bicyclic) bond motifs is 4. The van der Waals surface area contributed by atoms with Crippen molar-refractivity contribution in [2.45, 2.75) is 32.2 Å². The van der Waals surface area contributed by atoms with Gasteiger partial charge >= 0.3 is 6.03 Å². The number of anilines is 1. The van der Waals surface area contributed by atoms with E-state index in [1.54, 1.807) is 4.90 Å². The Kier molecular flexibility index (Phi) is 4.66. The van der Waals surface area contributed by atoms with Crippen molar-refractivity contribution >= 4 is 28.5 Å². The van der Waals surface area contributed by atoms with E-state index in [4.69, 9.17) is 0 Å².